The molecule has 1 aliphatic carbocycles. The lowest BCUT2D eigenvalue weighted by atomic mass is 9.83. The average Bonchev–Trinajstić information content (AvgIpc) is 3.64. The number of hydrogen-bond donors (Lipinski definition) is 5. The van der Waals surface area contributed by atoms with Crippen LogP contribution in [0.3, 0.4) is 0 Å². The van der Waals surface area contributed by atoms with Gasteiger partial charge in [0.1, 0.15) is 29.9 Å². The quantitative estimate of drug-likeness (QED) is 0.132. The third-order valence-corrected chi connectivity index (χ3v) is 10.7. The summed E-state index contributed by atoms with van der Waals surface area (Å²) in [6, 6.07) is 3.15. The molecule has 0 radical (unpaired) electrons. The Hall–Kier alpha value is -5.21. The highest BCUT2D eigenvalue weighted by Gasteiger charge is 2.45. The Balaban J connectivity index is 1.51. The average molecular weight is 776 g/mol. The van der Waals surface area contributed by atoms with Crippen LogP contribution in [0.5, 0.6) is 0 Å². The van der Waals surface area contributed by atoms with E-state index in [1.165, 1.54) is 23.5 Å². The Morgan fingerprint density at radius 3 is 2.18 bits per heavy atom. The molecule has 15 nitrogen and oxygen atoms in total. The minimum Gasteiger partial charge on any atom is -0.480 e. The Morgan fingerprint density at radius 1 is 0.857 bits per heavy atom. The maximum Gasteiger partial charge on any atom is 0.326 e. The highest BCUT2D eigenvalue weighted by molar-refractivity contribution is 6.38. The molecule has 1 aromatic carbocycles. The van der Waals surface area contributed by atoms with E-state index in [1.54, 1.807) is 37.3 Å². The molecule has 5 N–H and O–H groups in total. The Kier molecular flexibility index (Phi) is 16.5. The van der Waals surface area contributed by atoms with Crippen molar-refractivity contribution in [2.24, 2.45) is 17.8 Å². The van der Waals surface area contributed by atoms with Gasteiger partial charge < -0.3 is 31.3 Å². The summed E-state index contributed by atoms with van der Waals surface area (Å²) in [4.78, 5) is 104. The van der Waals surface area contributed by atoms with Crippen molar-refractivity contribution in [1.29, 1.82) is 0 Å². The molecular weight excluding hydrogens is 718 g/mol. The Bertz CT molecular complexity index is 1670. The number of amides is 5. The molecule has 1 unspecified atom stereocenters. The van der Waals surface area contributed by atoms with Crippen LogP contribution in [0, 0.1) is 17.8 Å². The number of carbonyl (C=O) groups is 7. The predicted molar refractivity (Wildman–Crippen MR) is 207 cm³/mol. The number of carbonyl (C=O) groups excluding carboxylic acids is 6. The molecule has 1 aromatic heterocycles. The van der Waals surface area contributed by atoms with E-state index in [0.717, 1.165) is 32.1 Å². The summed E-state index contributed by atoms with van der Waals surface area (Å²) in [5.74, 6) is -5.94. The van der Waals surface area contributed by atoms with E-state index in [0.29, 0.717) is 24.8 Å². The van der Waals surface area contributed by atoms with E-state index in [1.807, 2.05) is 20.8 Å². The fourth-order valence-electron chi connectivity index (χ4n) is 7.79. The fraction of sp³-hybridized carbons (Fsp3) is 0.585. The van der Waals surface area contributed by atoms with Crippen LogP contribution >= 0.6 is 0 Å². The molecule has 0 spiro atoms. The molecule has 2 aliphatic rings. The van der Waals surface area contributed by atoms with Gasteiger partial charge in [-0.2, -0.15) is 0 Å². The highest BCUT2D eigenvalue weighted by atomic mass is 16.4. The summed E-state index contributed by atoms with van der Waals surface area (Å²) in [6.07, 6.45) is 10.3. The molecule has 15 heteroatoms. The molecule has 5 amide bonds. The van der Waals surface area contributed by atoms with E-state index < -0.39 is 71.5 Å². The number of carboxylic acid groups (broad SMARTS) is 1. The van der Waals surface area contributed by atoms with Crippen LogP contribution in [0.1, 0.15) is 108 Å². The van der Waals surface area contributed by atoms with E-state index in [4.69, 9.17) is 0 Å². The molecule has 1 aliphatic heterocycles. The normalized spacial score (nSPS) is 19.3. The van der Waals surface area contributed by atoms with Gasteiger partial charge in [-0.15, -0.1) is 0 Å². The first kappa shape index (κ1) is 43.5. The number of rotatable bonds is 19. The van der Waals surface area contributed by atoms with Gasteiger partial charge in [0.15, 0.2) is 0 Å². The van der Waals surface area contributed by atoms with Crippen molar-refractivity contribution < 1.29 is 38.7 Å². The molecule has 2 heterocycles. The number of Topliss-reactive ketones (excluding diaryl/α,β-unsaturated/α-hetero) is 1. The zero-order chi connectivity index (χ0) is 40.8. The maximum absolute atomic E-state index is 14.5. The van der Waals surface area contributed by atoms with E-state index in [2.05, 4.69) is 31.2 Å². The zero-order valence-electron chi connectivity index (χ0n) is 32.9. The van der Waals surface area contributed by atoms with Gasteiger partial charge in [-0.25, -0.2) is 9.78 Å². The fourth-order valence-corrected chi connectivity index (χ4v) is 7.79. The first-order valence-electron chi connectivity index (χ1n) is 19.9. The lowest BCUT2D eigenvalue weighted by molar-refractivity contribution is -0.146. The summed E-state index contributed by atoms with van der Waals surface area (Å²) < 4.78 is 0. The first-order chi connectivity index (χ1) is 26.8. The minimum absolute atomic E-state index is 0.0231. The van der Waals surface area contributed by atoms with Crippen LogP contribution in [-0.2, 0) is 35.2 Å². The van der Waals surface area contributed by atoms with Crippen molar-refractivity contribution in [3.63, 3.8) is 0 Å². The number of aliphatic carboxylic acids is 1. The van der Waals surface area contributed by atoms with Crippen LogP contribution < -0.4 is 21.3 Å². The SMILES string of the molecule is CCCC(NC(=O)[C@@H]1[C@@H](CC)CCN1C(=O)[C@H](CC(C)C)NC(=O)[C@@H](NC(=O)c1cnccn1)C1CCCCC1)C(=O)C(=O)N[C@@H](Cc1ccccc1)C(=O)O. The van der Waals surface area contributed by atoms with Gasteiger partial charge in [-0.3, -0.25) is 33.8 Å². The number of carboxylic acids is 1. The van der Waals surface area contributed by atoms with Gasteiger partial charge in [-0.05, 0) is 55.4 Å². The van der Waals surface area contributed by atoms with Crippen molar-refractivity contribution in [2.75, 3.05) is 6.54 Å². The number of benzene rings is 1. The Labute approximate surface area is 328 Å². The highest BCUT2D eigenvalue weighted by Crippen LogP contribution is 2.30. The van der Waals surface area contributed by atoms with Gasteiger partial charge in [0.25, 0.3) is 11.8 Å². The Morgan fingerprint density at radius 2 is 1.57 bits per heavy atom. The second kappa shape index (κ2) is 21.2. The molecule has 4 rings (SSSR count). The number of aromatic nitrogens is 2. The molecule has 304 valence electrons. The van der Waals surface area contributed by atoms with Gasteiger partial charge in [0, 0.05) is 25.4 Å². The topological polar surface area (TPSA) is 217 Å². The van der Waals surface area contributed by atoms with Crippen molar-refractivity contribution >= 4 is 41.3 Å². The van der Waals surface area contributed by atoms with Crippen molar-refractivity contribution in [3.8, 4) is 0 Å². The second-order valence-corrected chi connectivity index (χ2v) is 15.3. The summed E-state index contributed by atoms with van der Waals surface area (Å²) >= 11 is 0. The van der Waals surface area contributed by atoms with Crippen LogP contribution in [0.15, 0.2) is 48.9 Å². The third-order valence-electron chi connectivity index (χ3n) is 10.7. The van der Waals surface area contributed by atoms with Crippen LogP contribution in [0.2, 0.25) is 0 Å². The summed E-state index contributed by atoms with van der Waals surface area (Å²) in [7, 11) is 0. The molecule has 1 saturated heterocycles. The molecule has 2 aromatic rings. The molecule has 0 bridgehead atoms. The van der Waals surface area contributed by atoms with E-state index >= 15 is 0 Å². The molecule has 1 saturated carbocycles. The van der Waals surface area contributed by atoms with Gasteiger partial charge in [0.2, 0.25) is 23.5 Å². The molecule has 2 fully saturated rings. The van der Waals surface area contributed by atoms with Crippen LogP contribution in [0.25, 0.3) is 0 Å². The smallest absolute Gasteiger partial charge is 0.326 e. The number of ketones is 1. The molecule has 6 atom stereocenters. The van der Waals surface area contributed by atoms with Crippen LogP contribution in [-0.4, -0.2) is 98.0 Å². The van der Waals surface area contributed by atoms with Gasteiger partial charge >= 0.3 is 5.97 Å². The lowest BCUT2D eigenvalue weighted by Crippen LogP contribution is -2.60. The summed E-state index contributed by atoms with van der Waals surface area (Å²) in [6.45, 7) is 7.77. The van der Waals surface area contributed by atoms with E-state index in [-0.39, 0.29) is 49.3 Å². The lowest BCUT2D eigenvalue weighted by Gasteiger charge is -2.34. The number of nitrogens with one attached hydrogen (secondary N) is 4. The van der Waals surface area contributed by atoms with Crippen LogP contribution in [0.4, 0.5) is 0 Å². The number of nitrogens with zero attached hydrogens (tertiary/aromatic N) is 3. The standard InChI is InChI=1S/C41H57N7O8/c1-5-13-29(35(49)39(53)46-31(41(55)56)23-26-14-9-7-10-15-26)44-38(52)34-27(6-2)18-21-48(34)40(54)30(22-25(3)4)45-37(51)33(28-16-11-8-12-17-28)47-36(50)32-24-42-19-20-43-32/h7,9-10,14-15,19-20,24-25,27-31,33-34H,5-6,8,11-13,16-18,21-23H2,1-4H3,(H,44,52)(H,45,51)(H,46,53)(H,47,50)(H,55,56)/t27-,29?,30-,31-,33-,34-/m0/s1. The first-order valence-corrected chi connectivity index (χ1v) is 19.9. The maximum atomic E-state index is 14.5. The van der Waals surface area contributed by atoms with Gasteiger partial charge in [0.05, 0.1) is 12.2 Å². The van der Waals surface area contributed by atoms with Crippen molar-refractivity contribution in [2.45, 2.75) is 129 Å². The largest absolute Gasteiger partial charge is 0.480 e. The second-order valence-electron chi connectivity index (χ2n) is 15.3. The third kappa shape index (κ3) is 11.9. The summed E-state index contributed by atoms with van der Waals surface area (Å²) in [5.41, 5.74) is 0.726. The van der Waals surface area contributed by atoms with E-state index in [9.17, 15) is 38.7 Å². The van der Waals surface area contributed by atoms with Crippen molar-refractivity contribution in [1.82, 2.24) is 36.1 Å². The predicted octanol–water partition coefficient (Wildman–Crippen LogP) is 2.98. The summed E-state index contributed by atoms with van der Waals surface area (Å²) in [5, 5.41) is 20.6. The monoisotopic (exact) mass is 775 g/mol. The van der Waals surface area contributed by atoms with Gasteiger partial charge in [-0.1, -0.05) is 90.1 Å². The minimum atomic E-state index is -1.37. The molecular formula is C41H57N7O8. The zero-order valence-corrected chi connectivity index (χ0v) is 32.9. The molecule has 56 heavy (non-hydrogen) atoms. The van der Waals surface area contributed by atoms with Crippen molar-refractivity contribution in [3.05, 3.63) is 60.2 Å². The number of hydrogen-bond acceptors (Lipinski definition) is 9. The number of likely N-dealkylation sites (tertiary alicyclic amines) is 1.